The average Bonchev–Trinajstić information content (AvgIpc) is 2.84. The molecule has 122 valence electrons. The molecule has 1 saturated carbocycles. The zero-order chi connectivity index (χ0) is 17.0. The highest BCUT2D eigenvalue weighted by molar-refractivity contribution is 6.00. The van der Waals surface area contributed by atoms with Crippen LogP contribution in [-0.2, 0) is 9.47 Å². The van der Waals surface area contributed by atoms with Gasteiger partial charge in [-0.05, 0) is 24.6 Å². The van der Waals surface area contributed by atoms with E-state index in [9.17, 15) is 10.5 Å². The summed E-state index contributed by atoms with van der Waals surface area (Å²) in [5, 5.41) is 19.8. The Morgan fingerprint density at radius 2 is 1.92 bits per heavy atom. The first-order valence-electron chi connectivity index (χ1n) is 7.81. The predicted octanol–water partition coefficient (Wildman–Crippen LogP) is 1.27. The molecular formula is C17H16N4O3. The second-order valence-corrected chi connectivity index (χ2v) is 6.05. The molecule has 2 N–H and O–H groups in total. The number of ether oxygens (including phenoxy) is 3. The van der Waals surface area contributed by atoms with Gasteiger partial charge in [-0.25, -0.2) is 4.99 Å². The Morgan fingerprint density at radius 1 is 1.25 bits per heavy atom. The molecule has 0 bridgehead atoms. The second-order valence-electron chi connectivity index (χ2n) is 6.05. The van der Waals surface area contributed by atoms with Crippen molar-refractivity contribution in [2.24, 2.45) is 21.6 Å². The van der Waals surface area contributed by atoms with E-state index in [4.69, 9.17) is 19.9 Å². The third-order valence-electron chi connectivity index (χ3n) is 5.13. The van der Waals surface area contributed by atoms with E-state index in [1.165, 1.54) is 0 Å². The minimum atomic E-state index is -1.48. The van der Waals surface area contributed by atoms with Gasteiger partial charge < -0.3 is 19.9 Å². The minimum Gasteiger partial charge on any atom is -0.494 e. The average molecular weight is 324 g/mol. The van der Waals surface area contributed by atoms with Gasteiger partial charge in [0.2, 0.25) is 0 Å². The van der Waals surface area contributed by atoms with Gasteiger partial charge in [0.15, 0.2) is 5.41 Å². The quantitative estimate of drug-likeness (QED) is 0.895. The maximum atomic E-state index is 9.96. The van der Waals surface area contributed by atoms with E-state index >= 15 is 0 Å². The molecule has 2 aliphatic heterocycles. The smallest absolute Gasteiger partial charge is 0.293 e. The molecule has 4 rings (SSSR count). The van der Waals surface area contributed by atoms with Crippen molar-refractivity contribution in [1.29, 1.82) is 10.5 Å². The number of nitriles is 2. The number of hydrogen-bond acceptors (Lipinski definition) is 7. The molecule has 3 atom stereocenters. The molecule has 1 spiro atoms. The molecule has 1 aliphatic carbocycles. The normalized spacial score (nSPS) is 35.0. The van der Waals surface area contributed by atoms with Crippen molar-refractivity contribution in [2.75, 3.05) is 19.8 Å². The molecular weight excluding hydrogens is 308 g/mol. The highest BCUT2D eigenvalue weighted by atomic mass is 16.8. The topological polar surface area (TPSA) is 114 Å². The molecule has 7 nitrogen and oxygen atoms in total. The molecule has 3 aliphatic rings. The van der Waals surface area contributed by atoms with Crippen molar-refractivity contribution in [3.8, 4) is 17.9 Å². The van der Waals surface area contributed by atoms with E-state index < -0.39 is 22.7 Å². The summed E-state index contributed by atoms with van der Waals surface area (Å²) in [4.78, 5) is 4.24. The van der Waals surface area contributed by atoms with E-state index in [0.717, 1.165) is 11.3 Å². The maximum Gasteiger partial charge on any atom is 0.293 e. The molecule has 2 fully saturated rings. The Balaban J connectivity index is 1.82. The molecule has 0 amide bonds. The first-order chi connectivity index (χ1) is 11.6. The number of rotatable bonds is 3. The van der Waals surface area contributed by atoms with Crippen LogP contribution in [0, 0.1) is 33.5 Å². The van der Waals surface area contributed by atoms with Crippen LogP contribution in [0.3, 0.4) is 0 Å². The van der Waals surface area contributed by atoms with E-state index in [1.807, 2.05) is 31.2 Å². The van der Waals surface area contributed by atoms with Crippen LogP contribution in [0.25, 0.3) is 0 Å². The van der Waals surface area contributed by atoms with Gasteiger partial charge in [-0.15, -0.1) is 0 Å². The first-order valence-corrected chi connectivity index (χ1v) is 7.81. The fraction of sp³-hybridized carbons (Fsp3) is 0.471. The van der Waals surface area contributed by atoms with E-state index in [1.54, 1.807) is 0 Å². The predicted molar refractivity (Wildman–Crippen MR) is 82.7 cm³/mol. The van der Waals surface area contributed by atoms with Gasteiger partial charge in [0, 0.05) is 5.92 Å². The van der Waals surface area contributed by atoms with Crippen LogP contribution >= 0.6 is 0 Å². The highest BCUT2D eigenvalue weighted by Gasteiger charge is 2.94. The lowest BCUT2D eigenvalue weighted by Crippen LogP contribution is -2.38. The molecule has 1 saturated heterocycles. The van der Waals surface area contributed by atoms with Gasteiger partial charge in [-0.2, -0.15) is 10.5 Å². The van der Waals surface area contributed by atoms with E-state index in [0.29, 0.717) is 19.8 Å². The summed E-state index contributed by atoms with van der Waals surface area (Å²) in [5.74, 6) is -1.10. The molecule has 1 aromatic rings. The maximum absolute atomic E-state index is 9.96. The summed E-state index contributed by atoms with van der Waals surface area (Å²) in [7, 11) is 0. The molecule has 2 heterocycles. The molecule has 24 heavy (non-hydrogen) atoms. The SMILES string of the molecule is CCOc1ccc([C@@H]2[C@]3(C#N)C(N)=NC4(OCCO4)[C@@]23C#N)cc1. The minimum absolute atomic E-state index is 0.104. The van der Waals surface area contributed by atoms with Crippen molar-refractivity contribution in [2.45, 2.75) is 18.8 Å². The number of nitrogens with zero attached hydrogens (tertiary/aromatic N) is 3. The summed E-state index contributed by atoms with van der Waals surface area (Å²) in [5.41, 5.74) is 4.41. The highest BCUT2D eigenvalue weighted by Crippen LogP contribution is 2.82. The lowest BCUT2D eigenvalue weighted by Gasteiger charge is -2.25. The molecule has 0 aromatic heterocycles. The van der Waals surface area contributed by atoms with Crippen LogP contribution in [0.1, 0.15) is 18.4 Å². The van der Waals surface area contributed by atoms with E-state index in [2.05, 4.69) is 17.1 Å². The van der Waals surface area contributed by atoms with Gasteiger partial charge >= 0.3 is 0 Å². The molecule has 1 aromatic carbocycles. The van der Waals surface area contributed by atoms with Crippen LogP contribution in [0.4, 0.5) is 0 Å². The van der Waals surface area contributed by atoms with Crippen LogP contribution in [0.5, 0.6) is 5.75 Å². The van der Waals surface area contributed by atoms with Gasteiger partial charge in [0.1, 0.15) is 17.0 Å². The Labute approximate surface area is 139 Å². The Kier molecular flexibility index (Phi) is 2.93. The lowest BCUT2D eigenvalue weighted by atomic mass is 9.94. The van der Waals surface area contributed by atoms with Crippen molar-refractivity contribution in [3.05, 3.63) is 29.8 Å². The van der Waals surface area contributed by atoms with Crippen LogP contribution in [0.2, 0.25) is 0 Å². The van der Waals surface area contributed by atoms with Crippen LogP contribution in [-0.4, -0.2) is 31.6 Å². The Bertz CT molecular complexity index is 801. The first kappa shape index (κ1) is 14.9. The van der Waals surface area contributed by atoms with Gasteiger partial charge in [0.25, 0.3) is 5.91 Å². The second kappa shape index (κ2) is 4.70. The van der Waals surface area contributed by atoms with Crippen LogP contribution in [0.15, 0.2) is 29.3 Å². The van der Waals surface area contributed by atoms with Crippen molar-refractivity contribution in [1.82, 2.24) is 0 Å². The van der Waals surface area contributed by atoms with Gasteiger partial charge in [-0.3, -0.25) is 0 Å². The summed E-state index contributed by atoms with van der Waals surface area (Å²) in [6, 6.07) is 11.8. The molecule has 0 unspecified atom stereocenters. The third-order valence-corrected chi connectivity index (χ3v) is 5.13. The van der Waals surface area contributed by atoms with E-state index in [-0.39, 0.29) is 5.84 Å². The lowest BCUT2D eigenvalue weighted by molar-refractivity contribution is -0.184. The van der Waals surface area contributed by atoms with Crippen molar-refractivity contribution in [3.63, 3.8) is 0 Å². The Hall–Kier alpha value is -2.61. The summed E-state index contributed by atoms with van der Waals surface area (Å²) < 4.78 is 16.8. The number of nitrogens with two attached hydrogens (primary N) is 1. The van der Waals surface area contributed by atoms with Gasteiger partial charge in [0.05, 0.1) is 32.0 Å². The zero-order valence-electron chi connectivity index (χ0n) is 13.2. The van der Waals surface area contributed by atoms with Crippen LogP contribution < -0.4 is 10.5 Å². The van der Waals surface area contributed by atoms with Crippen molar-refractivity contribution >= 4 is 5.84 Å². The fourth-order valence-electron chi connectivity index (χ4n) is 4.14. The fourth-order valence-corrected chi connectivity index (χ4v) is 4.14. The standard InChI is InChI=1S/C17H16N4O3/c1-2-22-12-5-3-11(4-6-12)13-15(9-18)14(20)21-17(16(13,15)10-19)23-7-8-24-17/h3-6,13H,2,7-8H2,1H3,(H2,20,21)/t13-,15-,16+/m1/s1. The largest absolute Gasteiger partial charge is 0.494 e. The van der Waals surface area contributed by atoms with Gasteiger partial charge in [-0.1, -0.05) is 12.1 Å². The number of fused-ring (bicyclic) bond motifs is 2. The summed E-state index contributed by atoms with van der Waals surface area (Å²) >= 11 is 0. The number of benzene rings is 1. The summed E-state index contributed by atoms with van der Waals surface area (Å²) in [6.45, 7) is 3.11. The molecule has 7 heteroatoms. The summed E-state index contributed by atoms with van der Waals surface area (Å²) in [6.07, 6.45) is 0. The third kappa shape index (κ3) is 1.40. The number of amidine groups is 1. The number of aliphatic imine (C=N–C) groups is 1. The monoisotopic (exact) mass is 324 g/mol. The van der Waals surface area contributed by atoms with Crippen molar-refractivity contribution < 1.29 is 14.2 Å². The molecule has 0 radical (unpaired) electrons. The number of hydrogen-bond donors (Lipinski definition) is 1. The Morgan fingerprint density at radius 3 is 2.46 bits per heavy atom. The zero-order valence-corrected chi connectivity index (χ0v) is 13.2.